The van der Waals surface area contributed by atoms with Crippen LogP contribution in [0.1, 0.15) is 24.1 Å². The van der Waals surface area contributed by atoms with Gasteiger partial charge in [-0.05, 0) is 47.0 Å². The molecule has 4 heteroatoms. The van der Waals surface area contributed by atoms with Crippen LogP contribution in [0.4, 0.5) is 14.5 Å². The molecule has 0 aromatic heterocycles. The fourth-order valence-corrected chi connectivity index (χ4v) is 2.57. The van der Waals surface area contributed by atoms with Crippen LogP contribution in [0.2, 0.25) is 0 Å². The van der Waals surface area contributed by atoms with Gasteiger partial charge in [0.25, 0.3) is 0 Å². The number of hydrogen-bond acceptors (Lipinski definition) is 1. The first kappa shape index (κ1) is 14.0. The van der Waals surface area contributed by atoms with E-state index in [2.05, 4.69) is 21.2 Å². The Labute approximate surface area is 119 Å². The Kier molecular flexibility index (Phi) is 4.20. The van der Waals surface area contributed by atoms with Gasteiger partial charge in [0, 0.05) is 16.6 Å². The highest BCUT2D eigenvalue weighted by Gasteiger charge is 2.14. The zero-order valence-electron chi connectivity index (χ0n) is 10.7. The summed E-state index contributed by atoms with van der Waals surface area (Å²) in [5.74, 6) is -1.20. The fourth-order valence-electron chi connectivity index (χ4n) is 2.05. The number of nitrogens with one attached hydrogen (secondary N) is 1. The minimum Gasteiger partial charge on any atom is -0.375 e. The van der Waals surface area contributed by atoms with Gasteiger partial charge in [0.05, 0.1) is 5.69 Å². The Morgan fingerprint density at radius 1 is 1.16 bits per heavy atom. The first-order chi connectivity index (χ1) is 8.99. The van der Waals surface area contributed by atoms with E-state index < -0.39 is 11.6 Å². The van der Waals surface area contributed by atoms with E-state index in [0.29, 0.717) is 4.47 Å². The first-order valence-electron chi connectivity index (χ1n) is 5.95. The molecule has 2 rings (SSSR count). The van der Waals surface area contributed by atoms with E-state index in [1.165, 1.54) is 6.07 Å². The van der Waals surface area contributed by atoms with Crippen molar-refractivity contribution in [3.63, 3.8) is 0 Å². The summed E-state index contributed by atoms with van der Waals surface area (Å²) >= 11 is 3.18. The average molecular weight is 326 g/mol. The maximum absolute atomic E-state index is 13.8. The average Bonchev–Trinajstić information content (AvgIpc) is 2.34. The van der Waals surface area contributed by atoms with E-state index in [-0.39, 0.29) is 11.7 Å². The molecule has 0 heterocycles. The number of benzene rings is 2. The smallest absolute Gasteiger partial charge is 0.150 e. The second-order valence-electron chi connectivity index (χ2n) is 4.47. The van der Waals surface area contributed by atoms with Crippen LogP contribution in [0.5, 0.6) is 0 Å². The van der Waals surface area contributed by atoms with Crippen molar-refractivity contribution in [1.29, 1.82) is 0 Å². The van der Waals surface area contributed by atoms with Crippen molar-refractivity contribution < 1.29 is 8.78 Å². The van der Waals surface area contributed by atoms with E-state index >= 15 is 0 Å². The van der Waals surface area contributed by atoms with Crippen molar-refractivity contribution in [2.45, 2.75) is 19.9 Å². The fraction of sp³-hybridized carbons (Fsp3) is 0.200. The van der Waals surface area contributed by atoms with Gasteiger partial charge in [-0.2, -0.15) is 0 Å². The molecule has 0 radical (unpaired) electrons. The molecule has 2 aromatic carbocycles. The Morgan fingerprint density at radius 3 is 2.47 bits per heavy atom. The zero-order valence-corrected chi connectivity index (χ0v) is 12.3. The SMILES string of the molecule is Cc1ccccc1C(C)Nc1c(F)cc(F)cc1Br. The lowest BCUT2D eigenvalue weighted by molar-refractivity contribution is 0.582. The molecule has 1 atom stereocenters. The number of aryl methyl sites for hydroxylation is 1. The minimum atomic E-state index is -0.604. The summed E-state index contributed by atoms with van der Waals surface area (Å²) in [6.07, 6.45) is 0. The Hall–Kier alpha value is -1.42. The van der Waals surface area contributed by atoms with Crippen LogP contribution < -0.4 is 5.32 Å². The predicted octanol–water partition coefficient (Wildman–Crippen LogP) is 5.21. The van der Waals surface area contributed by atoms with Crippen LogP contribution in [-0.4, -0.2) is 0 Å². The van der Waals surface area contributed by atoms with Crippen molar-refractivity contribution in [3.05, 3.63) is 63.6 Å². The summed E-state index contributed by atoms with van der Waals surface area (Å²) in [6, 6.07) is 9.94. The van der Waals surface area contributed by atoms with E-state index in [1.807, 2.05) is 38.1 Å². The highest BCUT2D eigenvalue weighted by Crippen LogP contribution is 2.30. The van der Waals surface area contributed by atoms with E-state index in [9.17, 15) is 8.78 Å². The van der Waals surface area contributed by atoms with Gasteiger partial charge < -0.3 is 5.32 Å². The lowest BCUT2D eigenvalue weighted by Gasteiger charge is -2.19. The Balaban J connectivity index is 2.29. The van der Waals surface area contributed by atoms with Gasteiger partial charge in [0.2, 0.25) is 0 Å². The topological polar surface area (TPSA) is 12.0 Å². The monoisotopic (exact) mass is 325 g/mol. The van der Waals surface area contributed by atoms with Crippen LogP contribution in [0.15, 0.2) is 40.9 Å². The maximum Gasteiger partial charge on any atom is 0.150 e. The Morgan fingerprint density at radius 2 is 1.84 bits per heavy atom. The summed E-state index contributed by atoms with van der Waals surface area (Å²) in [5.41, 5.74) is 2.48. The van der Waals surface area contributed by atoms with Gasteiger partial charge >= 0.3 is 0 Å². The second-order valence-corrected chi connectivity index (χ2v) is 5.32. The number of anilines is 1. The highest BCUT2D eigenvalue weighted by molar-refractivity contribution is 9.10. The number of hydrogen-bond donors (Lipinski definition) is 1. The van der Waals surface area contributed by atoms with Crippen LogP contribution in [-0.2, 0) is 0 Å². The molecule has 2 aromatic rings. The third-order valence-corrected chi connectivity index (χ3v) is 3.65. The molecule has 1 N–H and O–H groups in total. The largest absolute Gasteiger partial charge is 0.375 e. The van der Waals surface area contributed by atoms with Gasteiger partial charge in [-0.1, -0.05) is 24.3 Å². The number of rotatable bonds is 3. The van der Waals surface area contributed by atoms with Crippen molar-refractivity contribution in [1.82, 2.24) is 0 Å². The molecule has 0 bridgehead atoms. The summed E-state index contributed by atoms with van der Waals surface area (Å²) in [5, 5.41) is 3.07. The summed E-state index contributed by atoms with van der Waals surface area (Å²) in [7, 11) is 0. The molecule has 0 aliphatic heterocycles. The first-order valence-corrected chi connectivity index (χ1v) is 6.75. The maximum atomic E-state index is 13.8. The van der Waals surface area contributed by atoms with Crippen molar-refractivity contribution in [2.24, 2.45) is 0 Å². The van der Waals surface area contributed by atoms with Crippen LogP contribution in [0, 0.1) is 18.6 Å². The molecule has 0 spiro atoms. The molecule has 0 amide bonds. The van der Waals surface area contributed by atoms with Crippen molar-refractivity contribution >= 4 is 21.6 Å². The lowest BCUT2D eigenvalue weighted by atomic mass is 10.0. The van der Waals surface area contributed by atoms with Crippen molar-refractivity contribution in [3.8, 4) is 0 Å². The van der Waals surface area contributed by atoms with Gasteiger partial charge in [-0.3, -0.25) is 0 Å². The van der Waals surface area contributed by atoms with Crippen LogP contribution >= 0.6 is 15.9 Å². The summed E-state index contributed by atoms with van der Waals surface area (Å²) in [4.78, 5) is 0. The van der Waals surface area contributed by atoms with E-state index in [1.54, 1.807) is 0 Å². The van der Waals surface area contributed by atoms with Crippen LogP contribution in [0.25, 0.3) is 0 Å². The van der Waals surface area contributed by atoms with E-state index in [4.69, 9.17) is 0 Å². The molecule has 100 valence electrons. The molecule has 0 fully saturated rings. The van der Waals surface area contributed by atoms with Gasteiger partial charge in [0.1, 0.15) is 11.6 Å². The van der Waals surface area contributed by atoms with Crippen LogP contribution in [0.3, 0.4) is 0 Å². The van der Waals surface area contributed by atoms with Gasteiger partial charge in [-0.15, -0.1) is 0 Å². The molecule has 19 heavy (non-hydrogen) atoms. The number of halogens is 3. The highest BCUT2D eigenvalue weighted by atomic mass is 79.9. The Bertz CT molecular complexity index is 575. The zero-order chi connectivity index (χ0) is 14.0. The third-order valence-electron chi connectivity index (χ3n) is 3.02. The molecule has 0 aliphatic rings. The predicted molar refractivity (Wildman–Crippen MR) is 77.3 cm³/mol. The molecule has 1 nitrogen and oxygen atoms in total. The molecule has 0 saturated heterocycles. The standard InChI is InChI=1S/C15H14BrF2N/c1-9-5-3-4-6-12(9)10(2)19-15-13(16)7-11(17)8-14(15)18/h3-8,10,19H,1-2H3. The minimum absolute atomic E-state index is 0.0718. The third kappa shape index (κ3) is 3.13. The van der Waals surface area contributed by atoms with Gasteiger partial charge in [0.15, 0.2) is 0 Å². The molecule has 1 unspecified atom stereocenters. The summed E-state index contributed by atoms with van der Waals surface area (Å²) in [6.45, 7) is 3.95. The van der Waals surface area contributed by atoms with Crippen molar-refractivity contribution in [2.75, 3.05) is 5.32 Å². The lowest BCUT2D eigenvalue weighted by Crippen LogP contribution is -2.10. The summed E-state index contributed by atoms with van der Waals surface area (Å²) < 4.78 is 27.2. The molecule has 0 saturated carbocycles. The molecule has 0 aliphatic carbocycles. The second kappa shape index (κ2) is 5.70. The van der Waals surface area contributed by atoms with E-state index in [0.717, 1.165) is 17.2 Å². The normalized spacial score (nSPS) is 12.3. The van der Waals surface area contributed by atoms with Gasteiger partial charge in [-0.25, -0.2) is 8.78 Å². The quantitative estimate of drug-likeness (QED) is 0.816. The molecular weight excluding hydrogens is 312 g/mol. The molecular formula is C15H14BrF2N.